The third-order valence-corrected chi connectivity index (χ3v) is 0.882. The van der Waals surface area contributed by atoms with Gasteiger partial charge in [0.15, 0.2) is 0 Å². The second-order valence-electron chi connectivity index (χ2n) is 1.57. The highest BCUT2D eigenvalue weighted by atomic mass is 16.8. The van der Waals surface area contributed by atoms with Crippen LogP contribution in [0.1, 0.15) is 6.92 Å². The molecular formula is C5H8N2O3. The van der Waals surface area contributed by atoms with Crippen molar-refractivity contribution < 1.29 is 14.4 Å². The van der Waals surface area contributed by atoms with E-state index in [1.54, 1.807) is 6.92 Å². The molecule has 0 bridgehead atoms. The molecule has 1 heterocycles. The highest BCUT2D eigenvalue weighted by molar-refractivity contribution is 5.70. The van der Waals surface area contributed by atoms with Crippen molar-refractivity contribution in [1.82, 2.24) is 5.17 Å². The van der Waals surface area contributed by atoms with Crippen LogP contribution in [0.15, 0.2) is 5.10 Å². The van der Waals surface area contributed by atoms with Gasteiger partial charge in [-0.2, -0.15) is 5.10 Å². The van der Waals surface area contributed by atoms with E-state index in [2.05, 4.69) is 9.84 Å². The van der Waals surface area contributed by atoms with Gasteiger partial charge in [-0.25, -0.2) is 9.63 Å². The van der Waals surface area contributed by atoms with Gasteiger partial charge in [-0.15, -0.1) is 0 Å². The summed E-state index contributed by atoms with van der Waals surface area (Å²) in [7, 11) is 0. The fourth-order valence-electron chi connectivity index (χ4n) is 0.523. The quantitative estimate of drug-likeness (QED) is 0.534. The Morgan fingerprint density at radius 2 is 2.80 bits per heavy atom. The molecule has 0 aromatic carbocycles. The third-order valence-electron chi connectivity index (χ3n) is 0.882. The van der Waals surface area contributed by atoms with E-state index >= 15 is 0 Å². The fraction of sp³-hybridized carbons (Fsp3) is 0.600. The first-order valence-electron chi connectivity index (χ1n) is 2.97. The number of rotatable bonds is 1. The van der Waals surface area contributed by atoms with Crippen LogP contribution >= 0.6 is 0 Å². The molecule has 5 nitrogen and oxygen atoms in total. The van der Waals surface area contributed by atoms with Crippen molar-refractivity contribution in [3.05, 3.63) is 0 Å². The zero-order valence-electron chi connectivity index (χ0n) is 5.61. The van der Waals surface area contributed by atoms with Crippen molar-refractivity contribution in [2.24, 2.45) is 5.10 Å². The second-order valence-corrected chi connectivity index (χ2v) is 1.57. The van der Waals surface area contributed by atoms with Crippen molar-refractivity contribution in [2.75, 3.05) is 13.2 Å². The number of hydroxylamine groups is 1. The van der Waals surface area contributed by atoms with Gasteiger partial charge in [-0.1, -0.05) is 5.17 Å². The largest absolute Gasteiger partial charge is 0.455 e. The molecule has 0 aromatic heterocycles. The molecule has 0 aliphatic carbocycles. The Bertz CT molecular complexity index is 157. The summed E-state index contributed by atoms with van der Waals surface area (Å²) in [4.78, 5) is 15.4. The smallest absolute Gasteiger partial charge is 0.447 e. The average molecular weight is 144 g/mol. The SMILES string of the molecule is CCOC(=O)N1N=CCO1. The zero-order valence-corrected chi connectivity index (χ0v) is 5.61. The molecule has 1 aliphatic heterocycles. The first-order valence-corrected chi connectivity index (χ1v) is 2.97. The Balaban J connectivity index is 2.33. The van der Waals surface area contributed by atoms with Crippen LogP contribution in [0.2, 0.25) is 0 Å². The maximum atomic E-state index is 10.7. The van der Waals surface area contributed by atoms with Crippen molar-refractivity contribution in [3.8, 4) is 0 Å². The number of nitrogens with zero attached hydrogens (tertiary/aromatic N) is 2. The van der Waals surface area contributed by atoms with Crippen molar-refractivity contribution in [2.45, 2.75) is 6.92 Å². The molecule has 1 amide bonds. The lowest BCUT2D eigenvalue weighted by Gasteiger charge is -2.08. The molecule has 5 heteroatoms. The molecule has 0 saturated carbocycles. The predicted molar refractivity (Wildman–Crippen MR) is 33.3 cm³/mol. The van der Waals surface area contributed by atoms with E-state index in [1.165, 1.54) is 6.21 Å². The van der Waals surface area contributed by atoms with Gasteiger partial charge >= 0.3 is 6.09 Å². The summed E-state index contributed by atoms with van der Waals surface area (Å²) in [5.41, 5.74) is 0. The lowest BCUT2D eigenvalue weighted by Crippen LogP contribution is -2.23. The standard InChI is InChI=1S/C5H8N2O3/c1-2-9-5(8)7-6-3-4-10-7/h3H,2,4H2,1H3. The van der Waals surface area contributed by atoms with Crippen LogP contribution in [0.25, 0.3) is 0 Å². The van der Waals surface area contributed by atoms with E-state index in [0.29, 0.717) is 13.2 Å². The molecule has 0 aromatic rings. The van der Waals surface area contributed by atoms with Crippen molar-refractivity contribution in [1.29, 1.82) is 0 Å². The number of hydrogen-bond donors (Lipinski definition) is 0. The van der Waals surface area contributed by atoms with Crippen LogP contribution in [0.5, 0.6) is 0 Å². The van der Waals surface area contributed by atoms with Crippen LogP contribution in [0.4, 0.5) is 4.79 Å². The molecule has 0 atom stereocenters. The summed E-state index contributed by atoms with van der Waals surface area (Å²) in [5.74, 6) is 0. The van der Waals surface area contributed by atoms with Crippen molar-refractivity contribution >= 4 is 12.3 Å². The lowest BCUT2D eigenvalue weighted by atomic mass is 10.8. The molecule has 0 unspecified atom stereocenters. The van der Waals surface area contributed by atoms with E-state index in [1.807, 2.05) is 0 Å². The number of carbonyl (C=O) groups is 1. The molecule has 1 aliphatic rings. The zero-order chi connectivity index (χ0) is 7.40. The van der Waals surface area contributed by atoms with Crippen LogP contribution < -0.4 is 0 Å². The normalized spacial score (nSPS) is 15.9. The van der Waals surface area contributed by atoms with E-state index in [9.17, 15) is 4.79 Å². The highest BCUT2D eigenvalue weighted by Crippen LogP contribution is 1.99. The third kappa shape index (κ3) is 1.44. The minimum absolute atomic E-state index is 0.328. The molecule has 10 heavy (non-hydrogen) atoms. The summed E-state index contributed by atoms with van der Waals surface area (Å²) in [6.45, 7) is 2.38. The van der Waals surface area contributed by atoms with Gasteiger partial charge in [0.05, 0.1) is 12.8 Å². The van der Waals surface area contributed by atoms with E-state index in [0.717, 1.165) is 5.17 Å². The van der Waals surface area contributed by atoms with Crippen LogP contribution in [-0.2, 0) is 9.57 Å². The number of carbonyl (C=O) groups excluding carboxylic acids is 1. The van der Waals surface area contributed by atoms with Gasteiger partial charge in [0.25, 0.3) is 0 Å². The van der Waals surface area contributed by atoms with Crippen molar-refractivity contribution in [3.63, 3.8) is 0 Å². The van der Waals surface area contributed by atoms with Crippen LogP contribution in [0, 0.1) is 0 Å². The maximum absolute atomic E-state index is 10.7. The Hall–Kier alpha value is -1.10. The van der Waals surface area contributed by atoms with Gasteiger partial charge in [-0.05, 0) is 6.92 Å². The van der Waals surface area contributed by atoms with Crippen LogP contribution in [0.3, 0.4) is 0 Å². The molecule has 0 saturated heterocycles. The molecule has 56 valence electrons. The Morgan fingerprint density at radius 1 is 2.00 bits per heavy atom. The molecule has 1 rings (SSSR count). The van der Waals surface area contributed by atoms with Gasteiger partial charge in [-0.3, -0.25) is 0 Å². The molecular weight excluding hydrogens is 136 g/mol. The summed E-state index contributed by atoms with van der Waals surface area (Å²) >= 11 is 0. The second kappa shape index (κ2) is 3.17. The topological polar surface area (TPSA) is 51.1 Å². The Morgan fingerprint density at radius 3 is 3.30 bits per heavy atom. The fourth-order valence-corrected chi connectivity index (χ4v) is 0.523. The highest BCUT2D eigenvalue weighted by Gasteiger charge is 2.16. The summed E-state index contributed by atoms with van der Waals surface area (Å²) in [5, 5.41) is 4.39. The minimum atomic E-state index is -0.573. The first-order chi connectivity index (χ1) is 4.84. The average Bonchev–Trinajstić information content (AvgIpc) is 2.38. The summed E-state index contributed by atoms with van der Waals surface area (Å²) in [6.07, 6.45) is 0.910. The molecule has 0 fully saturated rings. The van der Waals surface area contributed by atoms with Gasteiger partial charge in [0.1, 0.15) is 6.61 Å². The summed E-state index contributed by atoms with van der Waals surface area (Å²) < 4.78 is 4.57. The Labute approximate surface area is 58.2 Å². The number of amides is 1. The Kier molecular flexibility index (Phi) is 2.22. The maximum Gasteiger partial charge on any atom is 0.455 e. The summed E-state index contributed by atoms with van der Waals surface area (Å²) in [6, 6.07) is 0. The monoisotopic (exact) mass is 144 g/mol. The van der Waals surface area contributed by atoms with Gasteiger partial charge in [0.2, 0.25) is 0 Å². The van der Waals surface area contributed by atoms with E-state index in [-0.39, 0.29) is 0 Å². The number of ether oxygens (including phenoxy) is 1. The van der Waals surface area contributed by atoms with Gasteiger partial charge < -0.3 is 4.74 Å². The molecule has 0 N–H and O–H groups in total. The lowest BCUT2D eigenvalue weighted by molar-refractivity contribution is -0.104. The number of hydrogen-bond acceptors (Lipinski definition) is 4. The molecule has 0 spiro atoms. The molecule has 0 radical (unpaired) electrons. The predicted octanol–water partition coefficient (Wildman–Crippen LogP) is 0.376. The van der Waals surface area contributed by atoms with E-state index in [4.69, 9.17) is 4.84 Å². The number of hydrazone groups is 1. The van der Waals surface area contributed by atoms with E-state index < -0.39 is 6.09 Å². The minimum Gasteiger partial charge on any atom is -0.447 e. The van der Waals surface area contributed by atoms with Crippen LogP contribution in [-0.4, -0.2) is 30.7 Å². The van der Waals surface area contributed by atoms with Gasteiger partial charge in [0, 0.05) is 0 Å². The first kappa shape index (κ1) is 7.01.